The number of benzene rings is 2. The lowest BCUT2D eigenvalue weighted by Crippen LogP contribution is -2.02. The van der Waals surface area contributed by atoms with E-state index in [-0.39, 0.29) is 19.8 Å². The summed E-state index contributed by atoms with van der Waals surface area (Å²) in [5, 5.41) is 9.21. The van der Waals surface area contributed by atoms with Gasteiger partial charge in [-0.3, -0.25) is 13.6 Å². The number of rotatable bonds is 10. The number of aliphatic hydroxyl groups is 1. The Morgan fingerprint density at radius 1 is 0.920 bits per heavy atom. The Morgan fingerprint density at radius 3 is 1.84 bits per heavy atom. The quantitative estimate of drug-likeness (QED) is 0.499. The van der Waals surface area contributed by atoms with Crippen LogP contribution < -0.4 is 0 Å². The van der Waals surface area contributed by atoms with Crippen molar-refractivity contribution in [2.45, 2.75) is 26.2 Å². The van der Waals surface area contributed by atoms with Crippen LogP contribution in [-0.2, 0) is 31.4 Å². The Bertz CT molecular complexity index is 638. The maximum Gasteiger partial charge on any atom is 0.475 e. The first kappa shape index (κ1) is 19.6. The fourth-order valence-corrected chi connectivity index (χ4v) is 3.06. The summed E-state index contributed by atoms with van der Waals surface area (Å²) in [7, 11) is -3.74. The summed E-state index contributed by atoms with van der Waals surface area (Å²) in [6.45, 7) is 1.87. The lowest BCUT2D eigenvalue weighted by Gasteiger charge is -2.17. The Kier molecular flexibility index (Phi) is 8.06. The molecule has 2 rings (SSSR count). The fourth-order valence-electron chi connectivity index (χ4n) is 1.95. The molecule has 134 valence electrons. The molecule has 1 atom stereocenters. The van der Waals surface area contributed by atoms with Crippen LogP contribution in [0, 0.1) is 0 Å². The van der Waals surface area contributed by atoms with Crippen LogP contribution in [-0.4, -0.2) is 17.8 Å². The first-order valence-corrected chi connectivity index (χ1v) is 9.50. The minimum atomic E-state index is -3.74. The summed E-state index contributed by atoms with van der Waals surface area (Å²) in [6, 6.07) is 18.8. The van der Waals surface area contributed by atoms with Gasteiger partial charge in [0.25, 0.3) is 0 Å². The number of phosphoric ester groups is 1. The van der Waals surface area contributed by atoms with Crippen molar-refractivity contribution in [2.24, 2.45) is 0 Å². The van der Waals surface area contributed by atoms with Crippen molar-refractivity contribution in [2.75, 3.05) is 6.61 Å². The zero-order valence-electron chi connectivity index (χ0n) is 14.2. The van der Waals surface area contributed by atoms with Gasteiger partial charge in [0.1, 0.15) is 0 Å². The van der Waals surface area contributed by atoms with Crippen molar-refractivity contribution >= 4 is 7.82 Å². The summed E-state index contributed by atoms with van der Waals surface area (Å²) in [4.78, 5) is 0. The fraction of sp³-hybridized carbons (Fsp3) is 0.263. The molecule has 1 unspecified atom stereocenters. The highest BCUT2D eigenvalue weighted by atomic mass is 31.2. The molecule has 25 heavy (non-hydrogen) atoms. The molecule has 0 saturated heterocycles. The minimum Gasteiger partial charge on any atom is -0.389 e. The largest absolute Gasteiger partial charge is 0.475 e. The van der Waals surface area contributed by atoms with Gasteiger partial charge < -0.3 is 5.11 Å². The molecular weight excluding hydrogens is 339 g/mol. The van der Waals surface area contributed by atoms with Crippen LogP contribution in [0.15, 0.2) is 72.8 Å². The molecule has 0 aliphatic heterocycles. The maximum absolute atomic E-state index is 12.8. The molecule has 0 aliphatic carbocycles. The summed E-state index contributed by atoms with van der Waals surface area (Å²) < 4.78 is 29.1. The van der Waals surface area contributed by atoms with Gasteiger partial charge in [-0.25, -0.2) is 4.57 Å². The average molecular weight is 362 g/mol. The minimum absolute atomic E-state index is 0.0196. The van der Waals surface area contributed by atoms with Crippen LogP contribution in [0.1, 0.15) is 18.1 Å². The molecule has 5 nitrogen and oxygen atoms in total. The third kappa shape index (κ3) is 7.78. The molecule has 2 aromatic rings. The standard InChI is InChI=1S/C19H23O5P/c1-17(20)9-8-14-22-25(21,23-15-18-10-4-2-5-11-18)24-16-19-12-6-3-7-13-19/h2-13,17,20H,14-16H2,1H3. The second kappa shape index (κ2) is 10.3. The van der Waals surface area contributed by atoms with Gasteiger partial charge in [-0.1, -0.05) is 72.8 Å². The number of hydrogen-bond acceptors (Lipinski definition) is 5. The van der Waals surface area contributed by atoms with Gasteiger partial charge in [0, 0.05) is 0 Å². The molecule has 0 fully saturated rings. The van der Waals surface area contributed by atoms with Crippen molar-refractivity contribution in [3.8, 4) is 0 Å². The van der Waals surface area contributed by atoms with Crippen LogP contribution in [0.5, 0.6) is 0 Å². The van der Waals surface area contributed by atoms with Crippen LogP contribution in [0.2, 0.25) is 0 Å². The molecule has 6 heteroatoms. The van der Waals surface area contributed by atoms with E-state index in [0.29, 0.717) is 0 Å². The Morgan fingerprint density at radius 2 is 1.40 bits per heavy atom. The van der Waals surface area contributed by atoms with E-state index in [2.05, 4.69) is 0 Å². The zero-order valence-corrected chi connectivity index (χ0v) is 15.0. The lowest BCUT2D eigenvalue weighted by molar-refractivity contribution is 0.110. The summed E-state index contributed by atoms with van der Waals surface area (Å²) in [5.74, 6) is 0. The molecule has 0 aliphatic rings. The van der Waals surface area contributed by atoms with Crippen LogP contribution >= 0.6 is 7.82 Å². The molecular formula is C19H23O5P. The van der Waals surface area contributed by atoms with Crippen molar-refractivity contribution in [3.63, 3.8) is 0 Å². The van der Waals surface area contributed by atoms with E-state index in [9.17, 15) is 9.67 Å². The van der Waals surface area contributed by atoms with E-state index in [1.54, 1.807) is 19.1 Å². The van der Waals surface area contributed by atoms with Crippen LogP contribution in [0.4, 0.5) is 0 Å². The van der Waals surface area contributed by atoms with Gasteiger partial charge in [0.05, 0.1) is 25.9 Å². The average Bonchev–Trinajstić information content (AvgIpc) is 2.64. The van der Waals surface area contributed by atoms with Crippen molar-refractivity contribution in [3.05, 3.63) is 83.9 Å². The molecule has 0 heterocycles. The molecule has 0 radical (unpaired) electrons. The lowest BCUT2D eigenvalue weighted by atomic mass is 10.2. The number of hydrogen-bond donors (Lipinski definition) is 1. The van der Waals surface area contributed by atoms with E-state index in [1.165, 1.54) is 0 Å². The van der Waals surface area contributed by atoms with Crippen molar-refractivity contribution in [1.82, 2.24) is 0 Å². The van der Waals surface area contributed by atoms with Gasteiger partial charge in [-0.2, -0.15) is 0 Å². The molecule has 0 aromatic heterocycles. The van der Waals surface area contributed by atoms with Crippen molar-refractivity contribution in [1.29, 1.82) is 0 Å². The van der Waals surface area contributed by atoms with Gasteiger partial charge in [-0.05, 0) is 18.1 Å². The van der Waals surface area contributed by atoms with Gasteiger partial charge in [0.15, 0.2) is 0 Å². The monoisotopic (exact) mass is 362 g/mol. The summed E-state index contributed by atoms with van der Waals surface area (Å²) >= 11 is 0. The highest BCUT2D eigenvalue weighted by Crippen LogP contribution is 2.50. The molecule has 1 N–H and O–H groups in total. The Labute approximate surface area is 148 Å². The first-order chi connectivity index (χ1) is 12.1. The summed E-state index contributed by atoms with van der Waals surface area (Å²) in [5.41, 5.74) is 1.74. The highest BCUT2D eigenvalue weighted by Gasteiger charge is 2.26. The van der Waals surface area contributed by atoms with Crippen molar-refractivity contribution < 1.29 is 23.2 Å². The first-order valence-electron chi connectivity index (χ1n) is 8.04. The predicted octanol–water partition coefficient (Wildman–Crippen LogP) is 4.48. The van der Waals surface area contributed by atoms with E-state index in [0.717, 1.165) is 11.1 Å². The van der Waals surface area contributed by atoms with E-state index >= 15 is 0 Å². The van der Waals surface area contributed by atoms with E-state index in [1.807, 2.05) is 60.7 Å². The molecule has 0 spiro atoms. The van der Waals surface area contributed by atoms with Gasteiger partial charge in [-0.15, -0.1) is 0 Å². The SMILES string of the molecule is CC(O)C=CCOP(=O)(OCc1ccccc1)OCc1ccccc1. The number of aliphatic hydroxyl groups excluding tert-OH is 1. The molecule has 0 saturated carbocycles. The second-order valence-corrected chi connectivity index (χ2v) is 7.10. The third-order valence-electron chi connectivity index (χ3n) is 3.21. The Balaban J connectivity index is 1.97. The van der Waals surface area contributed by atoms with Gasteiger partial charge in [0.2, 0.25) is 0 Å². The summed E-state index contributed by atoms with van der Waals surface area (Å²) in [6.07, 6.45) is 2.52. The molecule has 0 amide bonds. The normalized spacial score (nSPS) is 13.2. The van der Waals surface area contributed by atoms with Gasteiger partial charge >= 0.3 is 7.82 Å². The smallest absolute Gasteiger partial charge is 0.389 e. The van der Waals surface area contributed by atoms with Crippen LogP contribution in [0.3, 0.4) is 0 Å². The Hall–Kier alpha value is -1.75. The number of phosphoric acid groups is 1. The van der Waals surface area contributed by atoms with E-state index in [4.69, 9.17) is 13.6 Å². The highest BCUT2D eigenvalue weighted by molar-refractivity contribution is 7.48. The van der Waals surface area contributed by atoms with Crippen LogP contribution in [0.25, 0.3) is 0 Å². The topological polar surface area (TPSA) is 65.0 Å². The molecule has 2 aromatic carbocycles. The zero-order chi connectivity index (χ0) is 18.0. The molecule has 0 bridgehead atoms. The second-order valence-electron chi connectivity index (χ2n) is 5.43. The maximum atomic E-state index is 12.8. The predicted molar refractivity (Wildman–Crippen MR) is 96.8 cm³/mol. The van der Waals surface area contributed by atoms with E-state index < -0.39 is 13.9 Å². The third-order valence-corrected chi connectivity index (χ3v) is 4.56.